The molecule has 0 spiro atoms. The summed E-state index contributed by atoms with van der Waals surface area (Å²) in [7, 11) is 1.65. The first-order chi connectivity index (χ1) is 7.93. The van der Waals surface area contributed by atoms with Gasteiger partial charge in [-0.1, -0.05) is 44.5 Å². The van der Waals surface area contributed by atoms with Gasteiger partial charge in [-0.05, 0) is 17.0 Å². The minimum Gasteiger partial charge on any atom is -0.496 e. The average Bonchev–Trinajstić information content (AvgIpc) is 2.25. The van der Waals surface area contributed by atoms with Crippen molar-refractivity contribution in [2.24, 2.45) is 0 Å². The van der Waals surface area contributed by atoms with Gasteiger partial charge in [-0.2, -0.15) is 0 Å². The summed E-state index contributed by atoms with van der Waals surface area (Å²) in [4.78, 5) is 4.44. The summed E-state index contributed by atoms with van der Waals surface area (Å²) in [6, 6.07) is 7.87. The molecule has 1 aromatic carbocycles. The van der Waals surface area contributed by atoms with Crippen molar-refractivity contribution in [1.29, 1.82) is 0 Å². The zero-order chi connectivity index (χ0) is 12.6. The van der Waals surface area contributed by atoms with Crippen LogP contribution in [0.25, 0.3) is 10.9 Å². The van der Waals surface area contributed by atoms with Gasteiger partial charge in [0.2, 0.25) is 0 Å². The van der Waals surface area contributed by atoms with E-state index in [0.29, 0.717) is 5.15 Å². The smallest absolute Gasteiger partial charge is 0.133 e. The van der Waals surface area contributed by atoms with Gasteiger partial charge in [-0.25, -0.2) is 4.98 Å². The van der Waals surface area contributed by atoms with E-state index in [-0.39, 0.29) is 5.41 Å². The van der Waals surface area contributed by atoms with Crippen LogP contribution in [-0.2, 0) is 5.41 Å². The predicted octanol–water partition coefficient (Wildman–Crippen LogP) is 4.19. The van der Waals surface area contributed by atoms with Gasteiger partial charge in [0.05, 0.1) is 12.6 Å². The summed E-state index contributed by atoms with van der Waals surface area (Å²) >= 11 is 6.03. The summed E-state index contributed by atoms with van der Waals surface area (Å²) in [6.07, 6.45) is 0. The molecule has 3 heteroatoms. The van der Waals surface area contributed by atoms with Crippen molar-refractivity contribution in [2.45, 2.75) is 26.2 Å². The van der Waals surface area contributed by atoms with Crippen LogP contribution in [-0.4, -0.2) is 12.1 Å². The fourth-order valence-corrected chi connectivity index (χ4v) is 2.15. The van der Waals surface area contributed by atoms with Gasteiger partial charge in [0.25, 0.3) is 0 Å². The maximum atomic E-state index is 6.03. The predicted molar refractivity (Wildman–Crippen MR) is 72.0 cm³/mol. The van der Waals surface area contributed by atoms with E-state index >= 15 is 0 Å². The first-order valence-corrected chi connectivity index (χ1v) is 5.95. The Kier molecular flexibility index (Phi) is 3.00. The largest absolute Gasteiger partial charge is 0.496 e. The summed E-state index contributed by atoms with van der Waals surface area (Å²) < 4.78 is 5.35. The van der Waals surface area contributed by atoms with Crippen LogP contribution in [0.4, 0.5) is 0 Å². The van der Waals surface area contributed by atoms with Crippen molar-refractivity contribution in [3.8, 4) is 5.75 Å². The quantitative estimate of drug-likeness (QED) is 0.707. The standard InChI is InChI=1S/C14H16ClNO/c1-14(2,3)10-7-5-6-9-11(17-4)8-12(15)16-13(9)10/h5-8H,1-4H3. The van der Waals surface area contributed by atoms with Gasteiger partial charge in [-0.3, -0.25) is 0 Å². The number of fused-ring (bicyclic) bond motifs is 1. The van der Waals surface area contributed by atoms with Crippen molar-refractivity contribution >= 4 is 22.5 Å². The SMILES string of the molecule is COc1cc(Cl)nc2c(C(C)(C)C)cccc12. The normalized spacial score (nSPS) is 11.8. The van der Waals surface area contributed by atoms with Gasteiger partial charge >= 0.3 is 0 Å². The third-order valence-corrected chi connectivity index (χ3v) is 2.99. The van der Waals surface area contributed by atoms with E-state index in [4.69, 9.17) is 16.3 Å². The van der Waals surface area contributed by atoms with Crippen molar-refractivity contribution < 1.29 is 4.74 Å². The molecule has 17 heavy (non-hydrogen) atoms. The number of rotatable bonds is 1. The van der Waals surface area contributed by atoms with Crippen LogP contribution in [0.3, 0.4) is 0 Å². The summed E-state index contributed by atoms with van der Waals surface area (Å²) in [6.45, 7) is 6.49. The maximum absolute atomic E-state index is 6.03. The monoisotopic (exact) mass is 249 g/mol. The molecule has 0 fully saturated rings. The van der Waals surface area contributed by atoms with E-state index in [1.54, 1.807) is 13.2 Å². The Balaban J connectivity index is 2.85. The number of benzene rings is 1. The zero-order valence-electron chi connectivity index (χ0n) is 10.5. The number of nitrogens with zero attached hydrogens (tertiary/aromatic N) is 1. The van der Waals surface area contributed by atoms with Crippen molar-refractivity contribution in [1.82, 2.24) is 4.98 Å². The topological polar surface area (TPSA) is 22.1 Å². The number of methoxy groups -OCH3 is 1. The van der Waals surface area contributed by atoms with E-state index < -0.39 is 0 Å². The zero-order valence-corrected chi connectivity index (χ0v) is 11.3. The van der Waals surface area contributed by atoms with Crippen LogP contribution >= 0.6 is 11.6 Å². The number of halogens is 1. The molecule has 90 valence electrons. The van der Waals surface area contributed by atoms with E-state index in [0.717, 1.165) is 16.7 Å². The van der Waals surface area contributed by atoms with Crippen LogP contribution < -0.4 is 4.74 Å². The van der Waals surface area contributed by atoms with Crippen LogP contribution in [0, 0.1) is 0 Å². The lowest BCUT2D eigenvalue weighted by atomic mass is 9.85. The number of para-hydroxylation sites is 1. The molecule has 2 rings (SSSR count). The fourth-order valence-electron chi connectivity index (χ4n) is 1.96. The highest BCUT2D eigenvalue weighted by molar-refractivity contribution is 6.30. The Morgan fingerprint density at radius 2 is 1.94 bits per heavy atom. The van der Waals surface area contributed by atoms with Crippen molar-refractivity contribution in [2.75, 3.05) is 7.11 Å². The Bertz CT molecular complexity index is 558. The molecule has 0 amide bonds. The fraction of sp³-hybridized carbons (Fsp3) is 0.357. The van der Waals surface area contributed by atoms with Crippen LogP contribution in [0.15, 0.2) is 24.3 Å². The molecule has 0 saturated heterocycles. The molecule has 0 bridgehead atoms. The Hall–Kier alpha value is -1.28. The van der Waals surface area contributed by atoms with Crippen molar-refractivity contribution in [3.05, 3.63) is 35.0 Å². The summed E-state index contributed by atoms with van der Waals surface area (Å²) in [5.74, 6) is 0.770. The molecule has 0 aliphatic rings. The van der Waals surface area contributed by atoms with Gasteiger partial charge in [-0.15, -0.1) is 0 Å². The molecule has 0 N–H and O–H groups in total. The van der Waals surface area contributed by atoms with Gasteiger partial charge < -0.3 is 4.74 Å². The number of hydrogen-bond acceptors (Lipinski definition) is 2. The van der Waals surface area contributed by atoms with Crippen LogP contribution in [0.5, 0.6) is 5.75 Å². The summed E-state index contributed by atoms with van der Waals surface area (Å²) in [5.41, 5.74) is 2.13. The first kappa shape index (κ1) is 12.2. The molecule has 0 unspecified atom stereocenters. The highest BCUT2D eigenvalue weighted by Crippen LogP contribution is 2.34. The van der Waals surface area contributed by atoms with Gasteiger partial charge in [0.1, 0.15) is 10.9 Å². The molecular weight excluding hydrogens is 234 g/mol. The lowest BCUT2D eigenvalue weighted by molar-refractivity contribution is 0.419. The minimum atomic E-state index is 0.0300. The van der Waals surface area contributed by atoms with Crippen LogP contribution in [0.2, 0.25) is 5.15 Å². The molecule has 0 atom stereocenters. The molecule has 2 nitrogen and oxygen atoms in total. The van der Waals surface area contributed by atoms with E-state index in [9.17, 15) is 0 Å². The highest BCUT2D eigenvalue weighted by atomic mass is 35.5. The molecular formula is C14H16ClNO. The van der Waals surface area contributed by atoms with E-state index in [1.807, 2.05) is 12.1 Å². The van der Waals surface area contributed by atoms with Gasteiger partial charge in [0, 0.05) is 11.5 Å². The molecule has 0 aliphatic carbocycles. The number of aromatic nitrogens is 1. The van der Waals surface area contributed by atoms with E-state index in [1.165, 1.54) is 5.56 Å². The third kappa shape index (κ3) is 2.22. The molecule has 0 radical (unpaired) electrons. The minimum absolute atomic E-state index is 0.0300. The third-order valence-electron chi connectivity index (χ3n) is 2.80. The Morgan fingerprint density at radius 3 is 2.53 bits per heavy atom. The lowest BCUT2D eigenvalue weighted by Gasteiger charge is -2.21. The number of pyridine rings is 1. The molecule has 2 aromatic rings. The average molecular weight is 250 g/mol. The number of ether oxygens (including phenoxy) is 1. The Morgan fingerprint density at radius 1 is 1.24 bits per heavy atom. The number of hydrogen-bond donors (Lipinski definition) is 0. The Labute approximate surface area is 107 Å². The molecule has 1 aromatic heterocycles. The second kappa shape index (κ2) is 4.19. The van der Waals surface area contributed by atoms with Crippen LogP contribution in [0.1, 0.15) is 26.3 Å². The maximum Gasteiger partial charge on any atom is 0.133 e. The second-order valence-electron chi connectivity index (χ2n) is 5.10. The van der Waals surface area contributed by atoms with Crippen molar-refractivity contribution in [3.63, 3.8) is 0 Å². The molecule has 1 heterocycles. The highest BCUT2D eigenvalue weighted by Gasteiger charge is 2.19. The lowest BCUT2D eigenvalue weighted by Crippen LogP contribution is -2.12. The van der Waals surface area contributed by atoms with E-state index in [2.05, 4.69) is 31.8 Å². The summed E-state index contributed by atoms with van der Waals surface area (Å²) in [5, 5.41) is 1.47. The van der Waals surface area contributed by atoms with Gasteiger partial charge in [0.15, 0.2) is 0 Å². The molecule has 0 saturated carbocycles. The first-order valence-electron chi connectivity index (χ1n) is 5.57. The second-order valence-corrected chi connectivity index (χ2v) is 5.49. The molecule has 0 aliphatic heterocycles.